The van der Waals surface area contributed by atoms with Gasteiger partial charge in [0.25, 0.3) is 0 Å². The molecule has 3 rings (SSSR count). The van der Waals surface area contributed by atoms with Crippen LogP contribution in [0.15, 0.2) is 59.9 Å². The fraction of sp³-hybridized carbons (Fsp3) is 0.111. The van der Waals surface area contributed by atoms with Crippen LogP contribution in [0.2, 0.25) is 0 Å². The summed E-state index contributed by atoms with van der Waals surface area (Å²) in [5.74, 6) is -0.831. The number of hydrogen-bond acceptors (Lipinski definition) is 4. The van der Waals surface area contributed by atoms with E-state index in [9.17, 15) is 31.1 Å². The van der Waals surface area contributed by atoms with Crippen molar-refractivity contribution in [1.82, 2.24) is 5.01 Å². The van der Waals surface area contributed by atoms with Crippen LogP contribution in [0.25, 0.3) is 5.70 Å². The van der Waals surface area contributed by atoms with Crippen molar-refractivity contribution in [3.63, 3.8) is 0 Å². The summed E-state index contributed by atoms with van der Waals surface area (Å²) in [6.07, 6.45) is -8.49. The van der Waals surface area contributed by atoms with Crippen LogP contribution >= 0.6 is 0 Å². The van der Waals surface area contributed by atoms with Crippen molar-refractivity contribution < 1.29 is 40.6 Å². The van der Waals surface area contributed by atoms with Crippen LogP contribution in [0.4, 0.5) is 31.1 Å². The second-order valence-corrected chi connectivity index (χ2v) is 5.83. The number of primary amides is 1. The lowest BCUT2D eigenvalue weighted by Crippen LogP contribution is -2.33. The number of halogens is 6. The van der Waals surface area contributed by atoms with Crippen LogP contribution in [0.3, 0.4) is 0 Å². The number of carbonyl (C=O) groups excluding carboxylic acids is 1. The third kappa shape index (κ3) is 4.82. The number of hydrogen-bond donors (Lipinski definition) is 1. The van der Waals surface area contributed by atoms with Crippen LogP contribution in [0.5, 0.6) is 5.75 Å². The van der Waals surface area contributed by atoms with Gasteiger partial charge >= 0.3 is 18.6 Å². The molecule has 0 atom stereocenters. The minimum atomic E-state index is -4.88. The van der Waals surface area contributed by atoms with Crippen LogP contribution in [0, 0.1) is 0 Å². The molecular formula is C18H11F6N3O3. The molecule has 0 fully saturated rings. The zero-order valence-electron chi connectivity index (χ0n) is 14.7. The van der Waals surface area contributed by atoms with Gasteiger partial charge in [-0.2, -0.15) is 18.2 Å². The van der Waals surface area contributed by atoms with Crippen molar-refractivity contribution in [2.24, 2.45) is 10.8 Å². The predicted octanol–water partition coefficient (Wildman–Crippen LogP) is 4.68. The molecule has 1 aliphatic heterocycles. The van der Waals surface area contributed by atoms with Gasteiger partial charge in [0.05, 0.1) is 5.56 Å². The smallest absolute Gasteiger partial charge is 0.443 e. The summed E-state index contributed by atoms with van der Waals surface area (Å²) in [7, 11) is 0. The summed E-state index contributed by atoms with van der Waals surface area (Å²) in [6.45, 7) is 0. The Kier molecular flexibility index (Phi) is 5.33. The summed E-state index contributed by atoms with van der Waals surface area (Å²) in [6, 6.07) is 7.33. The molecule has 0 aliphatic carbocycles. The molecule has 2 amide bonds. The maximum absolute atomic E-state index is 12.9. The Morgan fingerprint density at radius 1 is 1.00 bits per heavy atom. The second kappa shape index (κ2) is 7.61. The van der Waals surface area contributed by atoms with Gasteiger partial charge < -0.3 is 15.2 Å². The Balaban J connectivity index is 1.89. The third-order valence-electron chi connectivity index (χ3n) is 3.73. The van der Waals surface area contributed by atoms with E-state index < -0.39 is 29.9 Å². The van der Waals surface area contributed by atoms with Gasteiger partial charge in [-0.3, -0.25) is 0 Å². The van der Waals surface area contributed by atoms with Crippen LogP contribution < -0.4 is 10.5 Å². The minimum absolute atomic E-state index is 0.0446. The van der Waals surface area contributed by atoms with E-state index in [2.05, 4.69) is 9.84 Å². The molecule has 0 saturated heterocycles. The predicted molar refractivity (Wildman–Crippen MR) is 91.6 cm³/mol. The lowest BCUT2D eigenvalue weighted by molar-refractivity contribution is -0.274. The molecule has 1 heterocycles. The molecule has 2 aromatic carbocycles. The molecule has 1 aliphatic rings. The molecule has 0 spiro atoms. The molecule has 30 heavy (non-hydrogen) atoms. The summed E-state index contributed by atoms with van der Waals surface area (Å²) in [5.41, 5.74) is 4.40. The first kappa shape index (κ1) is 21.0. The van der Waals surface area contributed by atoms with E-state index in [1.54, 1.807) is 0 Å². The van der Waals surface area contributed by atoms with E-state index in [4.69, 9.17) is 10.5 Å². The number of alkyl halides is 6. The van der Waals surface area contributed by atoms with E-state index in [1.807, 2.05) is 0 Å². The van der Waals surface area contributed by atoms with Gasteiger partial charge in [-0.05, 0) is 42.5 Å². The number of amides is 2. The minimum Gasteiger partial charge on any atom is -0.443 e. The average molecular weight is 431 g/mol. The monoisotopic (exact) mass is 431 g/mol. The zero-order valence-corrected chi connectivity index (χ0v) is 14.7. The van der Waals surface area contributed by atoms with E-state index in [-0.39, 0.29) is 22.7 Å². The van der Waals surface area contributed by atoms with Gasteiger partial charge in [-0.25, -0.2) is 4.79 Å². The quantitative estimate of drug-likeness (QED) is 0.718. The van der Waals surface area contributed by atoms with E-state index in [0.717, 1.165) is 36.6 Å². The standard InChI is InChI=1S/C18H11F6N3O3/c19-17(20,21)12-3-1-2-11(8-12)15-26-27(16(25)28)14(9-29-15)10-4-6-13(7-5-10)30-18(22,23)24/h1-9H,(H2,25,28). The maximum Gasteiger partial charge on any atom is 0.573 e. The highest BCUT2D eigenvalue weighted by Crippen LogP contribution is 2.31. The number of rotatable bonds is 3. The highest BCUT2D eigenvalue weighted by molar-refractivity contribution is 5.98. The lowest BCUT2D eigenvalue weighted by atomic mass is 10.1. The Morgan fingerprint density at radius 2 is 1.67 bits per heavy atom. The number of ether oxygens (including phenoxy) is 2. The molecule has 0 aromatic heterocycles. The van der Waals surface area contributed by atoms with Crippen molar-refractivity contribution in [3.05, 3.63) is 71.5 Å². The Hall–Kier alpha value is -3.70. The maximum atomic E-state index is 12.9. The Morgan fingerprint density at radius 3 is 2.23 bits per heavy atom. The Labute approximate surface area is 164 Å². The largest absolute Gasteiger partial charge is 0.573 e. The fourth-order valence-electron chi connectivity index (χ4n) is 2.47. The summed E-state index contributed by atoms with van der Waals surface area (Å²) < 4.78 is 84.5. The van der Waals surface area contributed by atoms with Crippen molar-refractivity contribution in [3.8, 4) is 5.75 Å². The lowest BCUT2D eigenvalue weighted by Gasteiger charge is -2.24. The van der Waals surface area contributed by atoms with Gasteiger partial charge in [-0.1, -0.05) is 6.07 Å². The summed E-state index contributed by atoms with van der Waals surface area (Å²) >= 11 is 0. The molecule has 2 N–H and O–H groups in total. The van der Waals surface area contributed by atoms with Gasteiger partial charge in [0.15, 0.2) is 0 Å². The summed E-state index contributed by atoms with van der Waals surface area (Å²) in [5, 5.41) is 4.47. The van der Waals surface area contributed by atoms with Crippen LogP contribution in [-0.4, -0.2) is 23.3 Å². The molecule has 12 heteroatoms. The van der Waals surface area contributed by atoms with Gasteiger partial charge in [-0.15, -0.1) is 18.3 Å². The third-order valence-corrected chi connectivity index (χ3v) is 3.73. The second-order valence-electron chi connectivity index (χ2n) is 5.83. The molecule has 0 saturated carbocycles. The number of urea groups is 1. The molecule has 2 aromatic rings. The average Bonchev–Trinajstić information content (AvgIpc) is 2.66. The summed E-state index contributed by atoms with van der Waals surface area (Å²) in [4.78, 5) is 11.8. The van der Waals surface area contributed by atoms with Gasteiger partial charge in [0.1, 0.15) is 17.7 Å². The van der Waals surface area contributed by atoms with E-state index in [0.29, 0.717) is 5.01 Å². The Bertz CT molecular complexity index is 1010. The first-order chi connectivity index (χ1) is 13.9. The van der Waals surface area contributed by atoms with Gasteiger partial charge in [0, 0.05) is 11.1 Å². The topological polar surface area (TPSA) is 77.2 Å². The normalized spacial score (nSPS) is 14.5. The first-order valence-corrected chi connectivity index (χ1v) is 8.03. The first-order valence-electron chi connectivity index (χ1n) is 8.03. The fourth-order valence-corrected chi connectivity index (χ4v) is 2.47. The van der Waals surface area contributed by atoms with Crippen molar-refractivity contribution in [2.75, 3.05) is 0 Å². The molecule has 0 radical (unpaired) electrons. The van der Waals surface area contributed by atoms with Crippen molar-refractivity contribution in [1.29, 1.82) is 0 Å². The number of benzene rings is 2. The number of carbonyl (C=O) groups is 1. The molecule has 6 nitrogen and oxygen atoms in total. The van der Waals surface area contributed by atoms with Crippen molar-refractivity contribution >= 4 is 17.6 Å². The van der Waals surface area contributed by atoms with Crippen LogP contribution in [0.1, 0.15) is 16.7 Å². The van der Waals surface area contributed by atoms with E-state index >= 15 is 0 Å². The molecule has 0 unspecified atom stereocenters. The molecular weight excluding hydrogens is 420 g/mol. The van der Waals surface area contributed by atoms with E-state index in [1.165, 1.54) is 18.2 Å². The number of nitrogens with two attached hydrogens (primary N) is 1. The highest BCUT2D eigenvalue weighted by Gasteiger charge is 2.32. The zero-order chi connectivity index (χ0) is 22.1. The van der Waals surface area contributed by atoms with Crippen molar-refractivity contribution in [2.45, 2.75) is 12.5 Å². The SMILES string of the molecule is NC(=O)N1N=C(c2cccc(C(F)(F)F)c2)OC=C1c1ccc(OC(F)(F)F)cc1. The number of nitrogens with zero attached hydrogens (tertiary/aromatic N) is 2. The molecule has 158 valence electrons. The molecule has 0 bridgehead atoms. The number of hydrazone groups is 1. The highest BCUT2D eigenvalue weighted by atomic mass is 19.4. The van der Waals surface area contributed by atoms with Gasteiger partial charge in [0.2, 0.25) is 5.90 Å². The van der Waals surface area contributed by atoms with Crippen LogP contribution in [-0.2, 0) is 10.9 Å².